The summed E-state index contributed by atoms with van der Waals surface area (Å²) in [5, 5.41) is 31.7. The first-order chi connectivity index (χ1) is 20.1. The van der Waals surface area contributed by atoms with Crippen LogP contribution in [0.1, 0.15) is 43.3 Å². The van der Waals surface area contributed by atoms with Gasteiger partial charge in [-0.1, -0.05) is 0 Å². The van der Waals surface area contributed by atoms with Crippen LogP contribution in [0.4, 0.5) is 10.1 Å². The summed E-state index contributed by atoms with van der Waals surface area (Å²) in [4.78, 5) is 32.6. The monoisotopic (exact) mass is 582 g/mol. The van der Waals surface area contributed by atoms with Gasteiger partial charge in [0.2, 0.25) is 0 Å². The number of hydrogen-bond donors (Lipinski definition) is 6. The fourth-order valence-corrected chi connectivity index (χ4v) is 3.62. The molecule has 0 fully saturated rings. The number of amidine groups is 1. The molecule has 0 spiro atoms. The van der Waals surface area contributed by atoms with Crippen LogP contribution in [0.5, 0.6) is 11.5 Å². The first-order valence-corrected chi connectivity index (χ1v) is 12.7. The second-order valence-corrected chi connectivity index (χ2v) is 8.55. The van der Waals surface area contributed by atoms with E-state index in [1.54, 1.807) is 37.3 Å². The Morgan fingerprint density at radius 2 is 1.88 bits per heavy atom. The molecule has 2 aromatic carbocycles. The van der Waals surface area contributed by atoms with E-state index in [4.69, 9.17) is 35.6 Å². The Morgan fingerprint density at radius 3 is 2.48 bits per heavy atom. The highest BCUT2D eigenvalue weighted by Crippen LogP contribution is 2.35. The molecule has 0 aliphatic carbocycles. The van der Waals surface area contributed by atoms with Crippen LogP contribution >= 0.6 is 0 Å². The Labute approximate surface area is 239 Å². The smallest absolute Gasteiger partial charge is 0.350 e. The van der Waals surface area contributed by atoms with Gasteiger partial charge in [0, 0.05) is 55.2 Å². The van der Waals surface area contributed by atoms with Crippen molar-refractivity contribution < 1.29 is 28.9 Å². The molecule has 42 heavy (non-hydrogen) atoms. The van der Waals surface area contributed by atoms with Gasteiger partial charge in [-0.15, -0.1) is 9.78 Å². The van der Waals surface area contributed by atoms with Crippen LogP contribution in [0.25, 0.3) is 5.95 Å². The lowest BCUT2D eigenvalue weighted by Crippen LogP contribution is -2.18. The van der Waals surface area contributed by atoms with Crippen molar-refractivity contribution in [2.45, 2.75) is 26.3 Å². The van der Waals surface area contributed by atoms with E-state index in [1.807, 2.05) is 0 Å². The second kappa shape index (κ2) is 14.9. The van der Waals surface area contributed by atoms with E-state index < -0.39 is 23.5 Å². The number of aromatic amines is 1. The molecule has 14 nitrogen and oxygen atoms in total. The Morgan fingerprint density at radius 1 is 1.21 bits per heavy atom. The molecule has 7 N–H and O–H groups in total. The SMILES string of the molecule is CC(=O)O.CCOc1cc(OCCCO)c(F)c(C(Nc2ccc(C(=N)N)cc2)c2nn(-c3ncccn3)c(=O)[nH]2)c1. The molecule has 0 amide bonds. The average Bonchev–Trinajstić information content (AvgIpc) is 3.35. The number of carboxylic acids is 1. The Hall–Kier alpha value is -5.31. The van der Waals surface area contributed by atoms with Crippen molar-refractivity contribution in [1.82, 2.24) is 24.7 Å². The van der Waals surface area contributed by atoms with E-state index in [9.17, 15) is 4.79 Å². The maximum Gasteiger partial charge on any atom is 0.350 e. The van der Waals surface area contributed by atoms with Gasteiger partial charge in [0.25, 0.3) is 11.9 Å². The fraction of sp³-hybridized carbons (Fsp3) is 0.259. The predicted molar refractivity (Wildman–Crippen MR) is 151 cm³/mol. The van der Waals surface area contributed by atoms with E-state index in [1.165, 1.54) is 24.5 Å². The molecule has 4 aromatic rings. The highest BCUT2D eigenvalue weighted by atomic mass is 19.1. The number of carboxylic acid groups (broad SMARTS) is 1. The number of nitrogens with two attached hydrogens (primary N) is 1. The normalized spacial score (nSPS) is 11.1. The number of aliphatic hydroxyl groups is 1. The summed E-state index contributed by atoms with van der Waals surface area (Å²) in [6.07, 6.45) is 3.25. The van der Waals surface area contributed by atoms with Gasteiger partial charge in [0.1, 0.15) is 17.6 Å². The lowest BCUT2D eigenvalue weighted by atomic mass is 10.0. The summed E-state index contributed by atoms with van der Waals surface area (Å²) in [5.41, 5.74) is 6.07. The number of carbonyl (C=O) groups is 1. The van der Waals surface area contributed by atoms with Gasteiger partial charge in [0.15, 0.2) is 17.4 Å². The van der Waals surface area contributed by atoms with Crippen molar-refractivity contribution >= 4 is 17.5 Å². The van der Waals surface area contributed by atoms with Gasteiger partial charge < -0.3 is 30.7 Å². The fourth-order valence-electron chi connectivity index (χ4n) is 3.62. The van der Waals surface area contributed by atoms with Crippen LogP contribution in [-0.4, -0.2) is 66.6 Å². The molecule has 0 bridgehead atoms. The number of H-pyrrole nitrogens is 1. The van der Waals surface area contributed by atoms with Crippen LogP contribution < -0.4 is 26.2 Å². The largest absolute Gasteiger partial charge is 0.494 e. The van der Waals surface area contributed by atoms with Crippen LogP contribution in [0.3, 0.4) is 0 Å². The maximum absolute atomic E-state index is 15.9. The van der Waals surface area contributed by atoms with Gasteiger partial charge in [-0.05, 0) is 43.3 Å². The molecule has 15 heteroatoms. The Bertz CT molecular complexity index is 1540. The van der Waals surface area contributed by atoms with Crippen molar-refractivity contribution in [3.8, 4) is 17.4 Å². The minimum absolute atomic E-state index is 0.0427. The number of hydrogen-bond acceptors (Lipinski definition) is 10. The zero-order valence-corrected chi connectivity index (χ0v) is 22.9. The Balaban J connectivity index is 0.00000114. The second-order valence-electron chi connectivity index (χ2n) is 8.55. The number of aliphatic carboxylic acids is 1. The third-order valence-electron chi connectivity index (χ3n) is 5.38. The molecule has 0 aliphatic heterocycles. The van der Waals surface area contributed by atoms with E-state index in [-0.39, 0.29) is 42.1 Å². The topological polar surface area (TPSA) is 214 Å². The molecule has 4 rings (SSSR count). The summed E-state index contributed by atoms with van der Waals surface area (Å²) in [7, 11) is 0. The summed E-state index contributed by atoms with van der Waals surface area (Å²) in [6.45, 7) is 3.17. The van der Waals surface area contributed by atoms with Crippen molar-refractivity contribution in [3.05, 3.63) is 88.1 Å². The van der Waals surface area contributed by atoms with Gasteiger partial charge in [-0.3, -0.25) is 15.2 Å². The quantitative estimate of drug-likeness (QED) is 0.0809. The van der Waals surface area contributed by atoms with E-state index in [2.05, 4.69) is 25.4 Å². The van der Waals surface area contributed by atoms with Crippen LogP contribution in [0.2, 0.25) is 0 Å². The molecule has 2 heterocycles. The number of aromatic nitrogens is 5. The molecule has 0 radical (unpaired) electrons. The number of nitrogens with zero attached hydrogens (tertiary/aromatic N) is 4. The summed E-state index contributed by atoms with van der Waals surface area (Å²) in [5.74, 6) is -1.25. The number of nitrogens with one attached hydrogen (secondary N) is 3. The van der Waals surface area contributed by atoms with Crippen LogP contribution in [0, 0.1) is 11.2 Å². The van der Waals surface area contributed by atoms with Gasteiger partial charge in [0.05, 0.1) is 13.2 Å². The summed E-state index contributed by atoms with van der Waals surface area (Å²) >= 11 is 0. The number of aliphatic hydroxyl groups excluding tert-OH is 1. The van der Waals surface area contributed by atoms with E-state index in [0.717, 1.165) is 11.6 Å². The van der Waals surface area contributed by atoms with Gasteiger partial charge >= 0.3 is 5.69 Å². The van der Waals surface area contributed by atoms with Crippen LogP contribution in [0.15, 0.2) is 59.7 Å². The summed E-state index contributed by atoms with van der Waals surface area (Å²) < 4.78 is 28.1. The van der Waals surface area contributed by atoms with Crippen LogP contribution in [-0.2, 0) is 4.79 Å². The van der Waals surface area contributed by atoms with E-state index >= 15 is 4.39 Å². The third kappa shape index (κ3) is 8.34. The zero-order valence-electron chi connectivity index (χ0n) is 22.9. The van der Waals surface area contributed by atoms with Crippen molar-refractivity contribution in [2.75, 3.05) is 25.1 Å². The number of benzene rings is 2. The van der Waals surface area contributed by atoms with Crippen molar-refractivity contribution in [1.29, 1.82) is 5.41 Å². The number of halogens is 1. The molecule has 1 atom stereocenters. The number of nitrogen functional groups attached to an aromatic ring is 1. The highest BCUT2D eigenvalue weighted by molar-refractivity contribution is 5.95. The van der Waals surface area contributed by atoms with Gasteiger partial charge in [-0.2, -0.15) is 0 Å². The average molecular weight is 583 g/mol. The standard InChI is InChI=1S/C25H27FN8O4.C2H4O2/c1-2-37-17-13-18(20(26)19(14-17)38-12-4-11-35)21(31-16-7-5-15(6-8-16)22(27)28)23-32-25(36)34(33-23)24-29-9-3-10-30-24;1-2(3)4/h3,5-10,13-14,21,31,35H,2,4,11-12H2,1H3,(H3,27,28)(H,32,33,36);1H3,(H,3,4). The predicted octanol–water partition coefficient (Wildman–Crippen LogP) is 2.23. The van der Waals surface area contributed by atoms with E-state index in [0.29, 0.717) is 30.0 Å². The third-order valence-corrected chi connectivity index (χ3v) is 5.38. The van der Waals surface area contributed by atoms with Gasteiger partial charge in [-0.25, -0.2) is 19.2 Å². The number of anilines is 1. The molecule has 0 aliphatic rings. The van der Waals surface area contributed by atoms with Crippen molar-refractivity contribution in [3.63, 3.8) is 0 Å². The first-order valence-electron chi connectivity index (χ1n) is 12.7. The van der Waals surface area contributed by atoms with Crippen molar-refractivity contribution in [2.24, 2.45) is 5.73 Å². The lowest BCUT2D eigenvalue weighted by Gasteiger charge is -2.21. The molecule has 0 saturated heterocycles. The lowest BCUT2D eigenvalue weighted by molar-refractivity contribution is -0.134. The minimum atomic E-state index is -1.02. The summed E-state index contributed by atoms with van der Waals surface area (Å²) in [6, 6.07) is 10.1. The number of rotatable bonds is 12. The zero-order chi connectivity index (χ0) is 30.6. The Kier molecular flexibility index (Phi) is 11.1. The first kappa shape index (κ1) is 31.2. The number of ether oxygens (including phenoxy) is 2. The highest BCUT2D eigenvalue weighted by Gasteiger charge is 2.27. The molecule has 222 valence electrons. The molecular formula is C27H31FN8O6. The molecule has 1 unspecified atom stereocenters. The minimum Gasteiger partial charge on any atom is -0.494 e. The molecule has 0 saturated carbocycles. The molecule has 2 aromatic heterocycles. The molecular weight excluding hydrogens is 551 g/mol. The maximum atomic E-state index is 15.9.